The number of fused-ring (bicyclic) bond motifs is 2. The smallest absolute Gasteiger partial charge is 0.338 e. The average molecular weight is 400 g/mol. The van der Waals surface area contributed by atoms with Crippen molar-refractivity contribution in [3.8, 4) is 22.5 Å². The molecule has 1 heterocycles. The Bertz CT molecular complexity index is 1250. The molecular formula is C25H24N2O3. The molecule has 1 N–H and O–H groups in total. The minimum atomic E-state index is -0.385. The SMILES string of the molecule is CCN(CC)c1ccc2c(-c3ccccc3C(=O)OC)c3ccc(=N)cc-3oc2c1. The number of methoxy groups -OCH3 is 1. The third-order valence-corrected chi connectivity index (χ3v) is 5.44. The summed E-state index contributed by atoms with van der Waals surface area (Å²) in [5.74, 6) is 0.228. The second kappa shape index (κ2) is 8.03. The van der Waals surface area contributed by atoms with Crippen LogP contribution >= 0.6 is 0 Å². The molecule has 2 aromatic carbocycles. The minimum absolute atomic E-state index is 0.373. The quantitative estimate of drug-likeness (QED) is 0.364. The van der Waals surface area contributed by atoms with E-state index in [1.807, 2.05) is 36.4 Å². The van der Waals surface area contributed by atoms with Crippen molar-refractivity contribution in [2.75, 3.05) is 25.1 Å². The van der Waals surface area contributed by atoms with Crippen LogP contribution in [0.3, 0.4) is 0 Å². The summed E-state index contributed by atoms with van der Waals surface area (Å²) in [4.78, 5) is 14.7. The second-order valence-electron chi connectivity index (χ2n) is 7.08. The fraction of sp³-hybridized carbons (Fsp3) is 0.200. The van der Waals surface area contributed by atoms with Gasteiger partial charge in [-0.2, -0.15) is 0 Å². The molecule has 0 unspecified atom stereocenters. The van der Waals surface area contributed by atoms with Crippen LogP contribution in [-0.4, -0.2) is 26.2 Å². The van der Waals surface area contributed by atoms with Crippen molar-refractivity contribution in [3.05, 3.63) is 71.6 Å². The molecule has 0 atom stereocenters. The topological polar surface area (TPSA) is 66.5 Å². The van der Waals surface area contributed by atoms with Gasteiger partial charge in [-0.3, -0.25) is 0 Å². The molecule has 4 rings (SSSR count). The summed E-state index contributed by atoms with van der Waals surface area (Å²) < 4.78 is 11.3. The Balaban J connectivity index is 2.10. The molecule has 0 radical (unpaired) electrons. The van der Waals surface area contributed by atoms with Crippen molar-refractivity contribution >= 4 is 22.6 Å². The van der Waals surface area contributed by atoms with Gasteiger partial charge in [-0.1, -0.05) is 18.2 Å². The van der Waals surface area contributed by atoms with Crippen LogP contribution in [0.15, 0.2) is 65.1 Å². The third-order valence-electron chi connectivity index (χ3n) is 5.44. The summed E-state index contributed by atoms with van der Waals surface area (Å²) >= 11 is 0. The van der Waals surface area contributed by atoms with E-state index in [1.54, 1.807) is 18.2 Å². The van der Waals surface area contributed by atoms with Crippen molar-refractivity contribution in [2.45, 2.75) is 13.8 Å². The zero-order chi connectivity index (χ0) is 21.3. The Hall–Kier alpha value is -3.60. The summed E-state index contributed by atoms with van der Waals surface area (Å²) in [5, 5.41) is 9.31. The number of benzene rings is 3. The molecule has 5 heteroatoms. The largest absolute Gasteiger partial charge is 0.465 e. The summed E-state index contributed by atoms with van der Waals surface area (Å²) in [5.41, 5.74) is 4.82. The van der Waals surface area contributed by atoms with Crippen LogP contribution < -0.4 is 10.3 Å². The van der Waals surface area contributed by atoms with Gasteiger partial charge in [0, 0.05) is 47.4 Å². The molecule has 0 aromatic heterocycles. The van der Waals surface area contributed by atoms with Gasteiger partial charge in [-0.25, -0.2) is 4.79 Å². The zero-order valence-corrected chi connectivity index (χ0v) is 17.4. The van der Waals surface area contributed by atoms with E-state index in [4.69, 9.17) is 14.6 Å². The normalized spacial score (nSPS) is 11.0. The number of rotatable bonds is 5. The van der Waals surface area contributed by atoms with Gasteiger partial charge in [0.15, 0.2) is 0 Å². The number of carbonyl (C=O) groups excluding carboxylic acids is 1. The highest BCUT2D eigenvalue weighted by molar-refractivity contribution is 6.08. The third kappa shape index (κ3) is 3.32. The first-order valence-electron chi connectivity index (χ1n) is 10.0. The molecule has 1 aliphatic carbocycles. The van der Waals surface area contributed by atoms with Crippen molar-refractivity contribution in [1.82, 2.24) is 0 Å². The molecule has 0 saturated heterocycles. The number of ether oxygens (including phenoxy) is 1. The summed E-state index contributed by atoms with van der Waals surface area (Å²) in [6, 6.07) is 18.9. The average Bonchev–Trinajstić information content (AvgIpc) is 2.77. The molecule has 2 aliphatic rings. The van der Waals surface area contributed by atoms with Crippen LogP contribution in [0.1, 0.15) is 24.2 Å². The highest BCUT2D eigenvalue weighted by atomic mass is 16.5. The van der Waals surface area contributed by atoms with E-state index < -0.39 is 0 Å². The number of nitrogens with zero attached hydrogens (tertiary/aromatic N) is 1. The van der Waals surface area contributed by atoms with E-state index in [9.17, 15) is 4.79 Å². The number of esters is 1. The number of nitrogens with one attached hydrogen (secondary N) is 1. The van der Waals surface area contributed by atoms with Crippen LogP contribution in [0.25, 0.3) is 33.4 Å². The van der Waals surface area contributed by atoms with Gasteiger partial charge in [-0.05, 0) is 49.7 Å². The van der Waals surface area contributed by atoms with E-state index >= 15 is 0 Å². The summed E-state index contributed by atoms with van der Waals surface area (Å²) in [7, 11) is 1.39. The summed E-state index contributed by atoms with van der Waals surface area (Å²) in [6.07, 6.45) is 0. The predicted molar refractivity (Wildman–Crippen MR) is 119 cm³/mol. The van der Waals surface area contributed by atoms with Crippen molar-refractivity contribution in [3.63, 3.8) is 0 Å². The number of carbonyl (C=O) groups is 1. The highest BCUT2D eigenvalue weighted by Gasteiger charge is 2.22. The molecule has 0 fully saturated rings. The van der Waals surface area contributed by atoms with Gasteiger partial charge in [0.1, 0.15) is 11.3 Å². The van der Waals surface area contributed by atoms with Crippen molar-refractivity contribution < 1.29 is 13.9 Å². The van der Waals surface area contributed by atoms with Gasteiger partial charge in [0.25, 0.3) is 0 Å². The van der Waals surface area contributed by atoms with Crippen LogP contribution in [0.5, 0.6) is 0 Å². The molecular weight excluding hydrogens is 376 g/mol. The zero-order valence-electron chi connectivity index (χ0n) is 17.4. The minimum Gasteiger partial charge on any atom is -0.465 e. The Labute approximate surface area is 175 Å². The van der Waals surface area contributed by atoms with Crippen molar-refractivity contribution in [2.24, 2.45) is 0 Å². The lowest BCUT2D eigenvalue weighted by molar-refractivity contribution is 0.0601. The standard InChI is InChI=1S/C25H24N2O3/c1-4-27(5-2)17-11-13-21-23(15-17)30-22-14-16(26)10-12-20(22)24(21)18-8-6-7-9-19(18)25(28)29-3/h6-15,26H,4-5H2,1-3H3. The van der Waals surface area contributed by atoms with Gasteiger partial charge in [0.2, 0.25) is 0 Å². The second-order valence-corrected chi connectivity index (χ2v) is 7.08. The Morgan fingerprint density at radius 2 is 1.77 bits per heavy atom. The lowest BCUT2D eigenvalue weighted by Crippen LogP contribution is -2.21. The fourth-order valence-corrected chi connectivity index (χ4v) is 3.94. The molecule has 2 aromatic rings. The van der Waals surface area contributed by atoms with Crippen LogP contribution in [0.2, 0.25) is 0 Å². The molecule has 1 aliphatic heterocycles. The Kier molecular flexibility index (Phi) is 5.27. The van der Waals surface area contributed by atoms with Gasteiger partial charge < -0.3 is 19.5 Å². The molecule has 0 saturated carbocycles. The van der Waals surface area contributed by atoms with Crippen LogP contribution in [0.4, 0.5) is 5.69 Å². The number of hydrogen-bond donors (Lipinski definition) is 1. The van der Waals surface area contributed by atoms with E-state index in [0.717, 1.165) is 40.9 Å². The molecule has 0 spiro atoms. The maximum absolute atomic E-state index is 12.5. The molecule has 30 heavy (non-hydrogen) atoms. The first-order valence-corrected chi connectivity index (χ1v) is 10.0. The lowest BCUT2D eigenvalue weighted by Gasteiger charge is -2.22. The Morgan fingerprint density at radius 1 is 1.00 bits per heavy atom. The molecule has 0 amide bonds. The van der Waals surface area contributed by atoms with E-state index in [0.29, 0.717) is 22.3 Å². The van der Waals surface area contributed by atoms with Gasteiger partial charge >= 0.3 is 5.97 Å². The highest BCUT2D eigenvalue weighted by Crippen LogP contribution is 2.42. The summed E-state index contributed by atoms with van der Waals surface area (Å²) in [6.45, 7) is 6.03. The van der Waals surface area contributed by atoms with E-state index in [-0.39, 0.29) is 5.97 Å². The number of anilines is 1. The number of hydrogen-bond acceptors (Lipinski definition) is 5. The maximum Gasteiger partial charge on any atom is 0.338 e. The lowest BCUT2D eigenvalue weighted by atomic mass is 9.90. The van der Waals surface area contributed by atoms with Crippen LogP contribution in [0, 0.1) is 5.41 Å². The van der Waals surface area contributed by atoms with E-state index in [1.165, 1.54) is 7.11 Å². The van der Waals surface area contributed by atoms with Gasteiger partial charge in [0.05, 0.1) is 18.0 Å². The first kappa shape index (κ1) is 19.7. The van der Waals surface area contributed by atoms with Gasteiger partial charge in [-0.15, -0.1) is 0 Å². The fourth-order valence-electron chi connectivity index (χ4n) is 3.94. The molecule has 5 nitrogen and oxygen atoms in total. The van der Waals surface area contributed by atoms with Crippen LogP contribution in [-0.2, 0) is 4.74 Å². The van der Waals surface area contributed by atoms with E-state index in [2.05, 4.69) is 24.8 Å². The predicted octanol–water partition coefficient (Wildman–Crippen LogP) is 5.32. The monoisotopic (exact) mass is 400 g/mol. The maximum atomic E-state index is 12.5. The molecule has 0 bridgehead atoms. The molecule has 152 valence electrons. The van der Waals surface area contributed by atoms with Crippen molar-refractivity contribution in [1.29, 1.82) is 5.41 Å². The Morgan fingerprint density at radius 3 is 2.50 bits per heavy atom. The first-order chi connectivity index (χ1) is 14.6.